The lowest BCUT2D eigenvalue weighted by molar-refractivity contribution is 0.102. The maximum Gasteiger partial charge on any atom is 0.216 e. The van der Waals surface area contributed by atoms with Crippen molar-refractivity contribution in [3.8, 4) is 5.75 Å². The van der Waals surface area contributed by atoms with Crippen LogP contribution in [0.2, 0.25) is 0 Å². The van der Waals surface area contributed by atoms with Gasteiger partial charge in [0.25, 0.3) is 0 Å². The minimum absolute atomic E-state index is 0.0923. The number of hydrogen-bond acceptors (Lipinski definition) is 4. The van der Waals surface area contributed by atoms with Gasteiger partial charge < -0.3 is 5.11 Å². The average molecular weight is 215 g/mol. The molecule has 0 fully saturated rings. The molecule has 5 nitrogen and oxygen atoms in total. The Kier molecular flexibility index (Phi) is 2.87. The maximum atomic E-state index is 11.2. The third kappa shape index (κ3) is 3.15. The third-order valence-electron chi connectivity index (χ3n) is 1.50. The fourth-order valence-electron chi connectivity index (χ4n) is 0.945. The molecule has 0 unspecified atom stereocenters. The second kappa shape index (κ2) is 3.77. The molecule has 0 aliphatic carbocycles. The molecule has 0 atom stereocenters. The highest BCUT2D eigenvalue weighted by Crippen LogP contribution is 2.11. The Morgan fingerprint density at radius 2 is 2.07 bits per heavy atom. The van der Waals surface area contributed by atoms with Gasteiger partial charge in [0.15, 0.2) is 5.78 Å². The standard InChI is InChI=1S/C8H9NO4S/c9-14(12,13)5-8(11)6-2-1-3-7(10)4-6/h1-4,10H,5H2,(H2,9,12,13). The first-order valence-electron chi connectivity index (χ1n) is 3.71. The van der Waals surface area contributed by atoms with E-state index in [0.717, 1.165) is 0 Å². The van der Waals surface area contributed by atoms with E-state index < -0.39 is 21.6 Å². The van der Waals surface area contributed by atoms with Gasteiger partial charge in [-0.15, -0.1) is 0 Å². The summed E-state index contributed by atoms with van der Waals surface area (Å²) < 4.78 is 21.2. The Morgan fingerprint density at radius 3 is 2.57 bits per heavy atom. The van der Waals surface area contributed by atoms with Crippen LogP contribution in [0.1, 0.15) is 10.4 Å². The Bertz CT molecular complexity index is 452. The van der Waals surface area contributed by atoms with E-state index in [1.165, 1.54) is 24.3 Å². The lowest BCUT2D eigenvalue weighted by Crippen LogP contribution is -2.23. The molecule has 0 amide bonds. The van der Waals surface area contributed by atoms with Crippen molar-refractivity contribution in [3.63, 3.8) is 0 Å². The zero-order valence-corrected chi connectivity index (χ0v) is 7.99. The fourth-order valence-corrected chi connectivity index (χ4v) is 1.48. The van der Waals surface area contributed by atoms with Gasteiger partial charge in [-0.05, 0) is 12.1 Å². The number of phenols is 1. The lowest BCUT2D eigenvalue weighted by Gasteiger charge is -1.99. The molecule has 0 bridgehead atoms. The first-order chi connectivity index (χ1) is 6.38. The van der Waals surface area contributed by atoms with Gasteiger partial charge in [-0.3, -0.25) is 4.79 Å². The Balaban J connectivity index is 2.91. The average Bonchev–Trinajstić information content (AvgIpc) is 2.01. The van der Waals surface area contributed by atoms with Crippen LogP contribution in [0.5, 0.6) is 5.75 Å². The smallest absolute Gasteiger partial charge is 0.216 e. The van der Waals surface area contributed by atoms with Gasteiger partial charge >= 0.3 is 0 Å². The van der Waals surface area contributed by atoms with Crippen LogP contribution in [-0.2, 0) is 10.0 Å². The molecule has 0 saturated heterocycles. The number of aromatic hydroxyl groups is 1. The van der Waals surface area contributed by atoms with Gasteiger partial charge in [-0.25, -0.2) is 13.6 Å². The van der Waals surface area contributed by atoms with E-state index in [9.17, 15) is 13.2 Å². The SMILES string of the molecule is NS(=O)(=O)CC(=O)c1cccc(O)c1. The van der Waals surface area contributed by atoms with Crippen LogP contribution in [0.4, 0.5) is 0 Å². The van der Waals surface area contributed by atoms with E-state index in [4.69, 9.17) is 10.2 Å². The van der Waals surface area contributed by atoms with E-state index in [1.54, 1.807) is 0 Å². The Hall–Kier alpha value is -1.40. The van der Waals surface area contributed by atoms with Crippen molar-refractivity contribution in [1.29, 1.82) is 0 Å². The number of benzene rings is 1. The first kappa shape index (κ1) is 10.7. The van der Waals surface area contributed by atoms with Gasteiger partial charge in [0, 0.05) is 5.56 Å². The fraction of sp³-hybridized carbons (Fsp3) is 0.125. The van der Waals surface area contributed by atoms with Crippen LogP contribution >= 0.6 is 0 Å². The molecule has 0 aliphatic heterocycles. The van der Waals surface area contributed by atoms with Crippen LogP contribution in [0, 0.1) is 0 Å². The second-order valence-electron chi connectivity index (χ2n) is 2.78. The van der Waals surface area contributed by atoms with Crippen LogP contribution in [0.3, 0.4) is 0 Å². The van der Waals surface area contributed by atoms with Crippen molar-refractivity contribution in [3.05, 3.63) is 29.8 Å². The molecule has 14 heavy (non-hydrogen) atoms. The van der Waals surface area contributed by atoms with Crippen molar-refractivity contribution >= 4 is 15.8 Å². The van der Waals surface area contributed by atoms with Crippen LogP contribution < -0.4 is 5.14 Å². The summed E-state index contributed by atoms with van der Waals surface area (Å²) in [6.07, 6.45) is 0. The molecule has 1 rings (SSSR count). The molecule has 0 heterocycles. The second-order valence-corrected chi connectivity index (χ2v) is 4.40. The van der Waals surface area contributed by atoms with Gasteiger partial charge in [0.1, 0.15) is 11.5 Å². The molecule has 1 aromatic carbocycles. The molecule has 0 spiro atoms. The number of rotatable bonds is 3. The summed E-state index contributed by atoms with van der Waals surface area (Å²) in [6, 6.07) is 5.43. The summed E-state index contributed by atoms with van der Waals surface area (Å²) in [4.78, 5) is 11.2. The summed E-state index contributed by atoms with van der Waals surface area (Å²) in [6.45, 7) is 0. The summed E-state index contributed by atoms with van der Waals surface area (Å²) >= 11 is 0. The topological polar surface area (TPSA) is 97.5 Å². The Labute approximate surface area is 81.2 Å². The monoisotopic (exact) mass is 215 g/mol. The van der Waals surface area contributed by atoms with Crippen LogP contribution in [0.15, 0.2) is 24.3 Å². The van der Waals surface area contributed by atoms with Crippen molar-refractivity contribution in [2.24, 2.45) is 5.14 Å². The molecule has 0 radical (unpaired) electrons. The molecule has 0 aliphatic rings. The molecule has 0 aromatic heterocycles. The number of nitrogens with two attached hydrogens (primary N) is 1. The Morgan fingerprint density at radius 1 is 1.43 bits per heavy atom. The van der Waals surface area contributed by atoms with E-state index in [0.29, 0.717) is 0 Å². The summed E-state index contributed by atoms with van der Waals surface area (Å²) in [5.74, 6) is -1.48. The quantitative estimate of drug-likeness (QED) is 0.686. The van der Waals surface area contributed by atoms with Crippen molar-refractivity contribution in [2.45, 2.75) is 0 Å². The molecular formula is C8H9NO4S. The number of ketones is 1. The predicted octanol–water partition coefficient (Wildman–Crippen LogP) is -0.137. The first-order valence-corrected chi connectivity index (χ1v) is 5.43. The minimum Gasteiger partial charge on any atom is -0.508 e. The zero-order valence-electron chi connectivity index (χ0n) is 7.17. The number of sulfonamides is 1. The molecular weight excluding hydrogens is 206 g/mol. The molecule has 0 saturated carbocycles. The number of Topliss-reactive ketones (excluding diaryl/α,β-unsaturated/α-hetero) is 1. The summed E-state index contributed by atoms with van der Waals surface area (Å²) in [5, 5.41) is 13.7. The molecule has 6 heteroatoms. The van der Waals surface area contributed by atoms with Crippen molar-refractivity contribution in [2.75, 3.05) is 5.75 Å². The zero-order chi connectivity index (χ0) is 10.8. The van der Waals surface area contributed by atoms with Crippen LogP contribution in [0.25, 0.3) is 0 Å². The maximum absolute atomic E-state index is 11.2. The number of primary sulfonamides is 1. The molecule has 1 aromatic rings. The van der Waals surface area contributed by atoms with E-state index in [1.807, 2.05) is 0 Å². The summed E-state index contributed by atoms with van der Waals surface area (Å²) in [5.41, 5.74) is 0.124. The highest BCUT2D eigenvalue weighted by Gasteiger charge is 2.13. The van der Waals surface area contributed by atoms with Gasteiger partial charge in [0.05, 0.1) is 0 Å². The third-order valence-corrected chi connectivity index (χ3v) is 2.16. The van der Waals surface area contributed by atoms with E-state index in [-0.39, 0.29) is 11.3 Å². The van der Waals surface area contributed by atoms with Crippen molar-refractivity contribution < 1.29 is 18.3 Å². The largest absolute Gasteiger partial charge is 0.508 e. The number of carbonyl (C=O) groups is 1. The minimum atomic E-state index is -3.82. The lowest BCUT2D eigenvalue weighted by atomic mass is 10.1. The normalized spacial score (nSPS) is 11.2. The van der Waals surface area contributed by atoms with Gasteiger partial charge in [-0.2, -0.15) is 0 Å². The van der Waals surface area contributed by atoms with Crippen molar-refractivity contribution in [1.82, 2.24) is 0 Å². The van der Waals surface area contributed by atoms with E-state index >= 15 is 0 Å². The van der Waals surface area contributed by atoms with Crippen LogP contribution in [-0.4, -0.2) is 25.1 Å². The number of phenolic OH excluding ortho intramolecular Hbond substituents is 1. The molecule has 3 N–H and O–H groups in total. The van der Waals surface area contributed by atoms with E-state index in [2.05, 4.69) is 0 Å². The van der Waals surface area contributed by atoms with Gasteiger partial charge in [0.2, 0.25) is 10.0 Å². The predicted molar refractivity (Wildman–Crippen MR) is 50.4 cm³/mol. The number of carbonyl (C=O) groups excluding carboxylic acids is 1. The van der Waals surface area contributed by atoms with Gasteiger partial charge in [-0.1, -0.05) is 12.1 Å². The molecule has 76 valence electrons. The highest BCUT2D eigenvalue weighted by atomic mass is 32.2. The highest BCUT2D eigenvalue weighted by molar-refractivity contribution is 7.89. The summed E-state index contributed by atoms with van der Waals surface area (Å²) in [7, 11) is -3.82. The number of hydrogen-bond donors (Lipinski definition) is 2.